The molecule has 0 amide bonds. The van der Waals surface area contributed by atoms with Crippen LogP contribution in [0.3, 0.4) is 0 Å². The van der Waals surface area contributed by atoms with Gasteiger partial charge in [0.2, 0.25) is 0 Å². The summed E-state index contributed by atoms with van der Waals surface area (Å²) in [5, 5.41) is 71.7. The third-order valence-corrected chi connectivity index (χ3v) is 5.62. The monoisotopic (exact) mass is 472 g/mol. The second-order valence-corrected chi connectivity index (χ2v) is 8.23. The highest BCUT2D eigenvalue weighted by Crippen LogP contribution is 2.45. The van der Waals surface area contributed by atoms with Crippen LogP contribution in [0.5, 0.6) is 34.5 Å². The van der Waals surface area contributed by atoms with Gasteiger partial charge in [0.05, 0.1) is 6.10 Å². The van der Waals surface area contributed by atoms with E-state index < -0.39 is 12.0 Å². The van der Waals surface area contributed by atoms with Crippen molar-refractivity contribution in [2.24, 2.45) is 0 Å². The topological polar surface area (TPSA) is 142 Å². The molecule has 7 N–H and O–H groups in total. The van der Waals surface area contributed by atoms with Gasteiger partial charge in [-0.25, -0.2) is 0 Å². The molecule has 0 bridgehead atoms. The minimum absolute atomic E-state index is 0.0188. The Bertz CT molecular complexity index is 1320. The van der Waals surface area contributed by atoms with Gasteiger partial charge in [-0.15, -0.1) is 0 Å². The van der Waals surface area contributed by atoms with Gasteiger partial charge in [0.25, 0.3) is 0 Å². The fraction of sp³-hybridized carbons (Fsp3) is 0.0714. The molecule has 0 radical (unpaired) electrons. The van der Waals surface area contributed by atoms with Gasteiger partial charge in [-0.2, -0.15) is 0 Å². The summed E-state index contributed by atoms with van der Waals surface area (Å²) in [4.78, 5) is 0. The fourth-order valence-electron chi connectivity index (χ4n) is 4.06. The molecule has 0 spiro atoms. The van der Waals surface area contributed by atoms with Crippen molar-refractivity contribution in [2.75, 3.05) is 0 Å². The smallest absolute Gasteiger partial charge is 0.119 e. The highest BCUT2D eigenvalue weighted by Gasteiger charge is 2.29. The van der Waals surface area contributed by atoms with E-state index in [9.17, 15) is 35.7 Å². The summed E-state index contributed by atoms with van der Waals surface area (Å²) >= 11 is 0. The van der Waals surface area contributed by atoms with Crippen LogP contribution < -0.4 is 0 Å². The van der Waals surface area contributed by atoms with Crippen LogP contribution in [0.2, 0.25) is 0 Å². The van der Waals surface area contributed by atoms with E-state index in [-0.39, 0.29) is 34.5 Å². The second-order valence-electron chi connectivity index (χ2n) is 8.23. The summed E-state index contributed by atoms with van der Waals surface area (Å²) in [7, 11) is 0. The molecule has 0 aromatic heterocycles. The largest absolute Gasteiger partial charge is 0.508 e. The lowest BCUT2D eigenvalue weighted by atomic mass is 9.79. The van der Waals surface area contributed by atoms with E-state index in [0.717, 1.165) is 6.07 Å². The molecule has 0 heterocycles. The summed E-state index contributed by atoms with van der Waals surface area (Å²) in [5.41, 5.74) is 2.26. The van der Waals surface area contributed by atoms with Gasteiger partial charge < -0.3 is 35.7 Å². The normalized spacial score (nSPS) is 13.3. The Hall–Kier alpha value is -4.62. The molecule has 0 aliphatic heterocycles. The van der Waals surface area contributed by atoms with E-state index in [0.29, 0.717) is 27.8 Å². The third-order valence-electron chi connectivity index (χ3n) is 5.62. The Labute approximate surface area is 201 Å². The average molecular weight is 472 g/mol. The molecule has 4 rings (SSSR count). The predicted molar refractivity (Wildman–Crippen MR) is 131 cm³/mol. The van der Waals surface area contributed by atoms with Gasteiger partial charge in [0.1, 0.15) is 34.5 Å². The fourth-order valence-corrected chi connectivity index (χ4v) is 4.06. The maximum Gasteiger partial charge on any atom is 0.119 e. The lowest BCUT2D eigenvalue weighted by molar-refractivity contribution is 0.165. The van der Waals surface area contributed by atoms with Crippen LogP contribution in [0.25, 0.3) is 11.6 Å². The summed E-state index contributed by atoms with van der Waals surface area (Å²) in [6.07, 6.45) is 0.480. The number of rotatable bonds is 6. The molecule has 0 aliphatic rings. The molecule has 0 fully saturated rings. The zero-order chi connectivity index (χ0) is 25.1. The number of aromatic hydroxyl groups is 6. The van der Waals surface area contributed by atoms with Gasteiger partial charge in [-0.3, -0.25) is 0 Å². The molecular formula is C28H24O7. The number of phenols is 6. The van der Waals surface area contributed by atoms with E-state index in [1.165, 1.54) is 54.6 Å². The van der Waals surface area contributed by atoms with Gasteiger partial charge >= 0.3 is 0 Å². The number of aliphatic hydroxyl groups excluding tert-OH is 1. The molecular weight excluding hydrogens is 448 g/mol. The third kappa shape index (κ3) is 5.48. The van der Waals surface area contributed by atoms with E-state index in [4.69, 9.17) is 0 Å². The van der Waals surface area contributed by atoms with E-state index in [1.807, 2.05) is 0 Å². The minimum atomic E-state index is -1.23. The minimum Gasteiger partial charge on any atom is -0.508 e. The van der Waals surface area contributed by atoms with Crippen LogP contribution in [0, 0.1) is 0 Å². The molecule has 4 aromatic carbocycles. The number of phenolic OH excluding ortho intramolecular Hbond substituents is 6. The van der Waals surface area contributed by atoms with E-state index in [2.05, 4.69) is 0 Å². The lowest BCUT2D eigenvalue weighted by Crippen LogP contribution is -2.13. The highest BCUT2D eigenvalue weighted by atomic mass is 16.3. The van der Waals surface area contributed by atoms with Crippen molar-refractivity contribution in [2.45, 2.75) is 12.0 Å². The first kappa shape index (κ1) is 23.5. The van der Waals surface area contributed by atoms with Crippen LogP contribution in [0.15, 0.2) is 84.9 Å². The van der Waals surface area contributed by atoms with Gasteiger partial charge in [-0.1, -0.05) is 30.3 Å². The first-order valence-electron chi connectivity index (χ1n) is 10.7. The van der Waals surface area contributed by atoms with Crippen molar-refractivity contribution in [1.82, 2.24) is 0 Å². The zero-order valence-electron chi connectivity index (χ0n) is 18.4. The number of aliphatic hydroxyl groups is 1. The molecule has 35 heavy (non-hydrogen) atoms. The molecule has 2 atom stereocenters. The molecule has 4 aromatic rings. The van der Waals surface area contributed by atoms with Gasteiger partial charge in [0, 0.05) is 18.1 Å². The Morgan fingerprint density at radius 3 is 1.49 bits per heavy atom. The molecule has 0 aliphatic carbocycles. The SMILES string of the molecule is Oc1ccc(C=C(c2cc(O)cc(O)c2)C(c2cc(O)cc(O)c2)C(O)c2ccc(O)cc2)cc1. The van der Waals surface area contributed by atoms with Crippen molar-refractivity contribution >= 4 is 11.6 Å². The second kappa shape index (κ2) is 9.70. The summed E-state index contributed by atoms with van der Waals surface area (Å²) in [6.45, 7) is 0. The van der Waals surface area contributed by atoms with Crippen LogP contribution in [0.1, 0.15) is 34.3 Å². The Kier molecular flexibility index (Phi) is 6.53. The van der Waals surface area contributed by atoms with E-state index >= 15 is 0 Å². The molecule has 7 nitrogen and oxygen atoms in total. The molecule has 7 heteroatoms. The van der Waals surface area contributed by atoms with E-state index in [1.54, 1.807) is 30.3 Å². The quantitative estimate of drug-likeness (QED) is 0.196. The predicted octanol–water partition coefficient (Wildman–Crippen LogP) is 4.98. The van der Waals surface area contributed by atoms with Crippen molar-refractivity contribution in [1.29, 1.82) is 0 Å². The number of benzene rings is 4. The standard InChI is InChI=1S/C28H24O7/c29-20-5-1-16(2-6-20)9-26(18-10-22(31)14-23(32)11-18)27(19-12-24(33)15-25(34)13-19)28(35)17-3-7-21(30)8-4-17/h1-15,27-35H. The Morgan fingerprint density at radius 2 is 0.971 bits per heavy atom. The number of hydrogen-bond donors (Lipinski definition) is 7. The molecule has 0 saturated carbocycles. The van der Waals surface area contributed by atoms with Crippen molar-refractivity contribution < 1.29 is 35.7 Å². The van der Waals surface area contributed by atoms with Crippen LogP contribution in [-0.2, 0) is 0 Å². The van der Waals surface area contributed by atoms with Crippen molar-refractivity contribution in [3.8, 4) is 34.5 Å². The van der Waals surface area contributed by atoms with Crippen LogP contribution in [0.4, 0.5) is 0 Å². The Balaban J connectivity index is 1.99. The Morgan fingerprint density at radius 1 is 0.514 bits per heavy atom. The average Bonchev–Trinajstić information content (AvgIpc) is 2.79. The molecule has 0 saturated heterocycles. The maximum atomic E-state index is 11.5. The number of hydrogen-bond acceptors (Lipinski definition) is 7. The first-order chi connectivity index (χ1) is 16.7. The lowest BCUT2D eigenvalue weighted by Gasteiger charge is -2.28. The van der Waals surface area contributed by atoms with Crippen LogP contribution >= 0.6 is 0 Å². The van der Waals surface area contributed by atoms with Gasteiger partial charge in [0.15, 0.2) is 0 Å². The van der Waals surface area contributed by atoms with Crippen molar-refractivity contribution in [3.63, 3.8) is 0 Å². The zero-order valence-corrected chi connectivity index (χ0v) is 18.4. The maximum absolute atomic E-state index is 11.5. The summed E-state index contributed by atoms with van der Waals surface area (Å²) in [5.74, 6) is -1.66. The molecule has 178 valence electrons. The van der Waals surface area contributed by atoms with Crippen LogP contribution in [-0.4, -0.2) is 35.7 Å². The summed E-state index contributed by atoms with van der Waals surface area (Å²) in [6, 6.07) is 20.2. The first-order valence-corrected chi connectivity index (χ1v) is 10.7. The molecule has 2 unspecified atom stereocenters. The van der Waals surface area contributed by atoms with Crippen molar-refractivity contribution in [3.05, 3.63) is 107 Å². The van der Waals surface area contributed by atoms with Gasteiger partial charge in [-0.05, 0) is 76.4 Å². The summed E-state index contributed by atoms with van der Waals surface area (Å²) < 4.78 is 0. The highest BCUT2D eigenvalue weighted by molar-refractivity contribution is 5.87.